The van der Waals surface area contributed by atoms with Gasteiger partial charge in [-0.2, -0.15) is 0 Å². The van der Waals surface area contributed by atoms with E-state index in [1.807, 2.05) is 18.2 Å². The minimum absolute atomic E-state index is 0.146. The summed E-state index contributed by atoms with van der Waals surface area (Å²) in [5.41, 5.74) is 2.08. The van der Waals surface area contributed by atoms with Gasteiger partial charge in [0.1, 0.15) is 5.75 Å². The number of hydrogen-bond acceptors (Lipinski definition) is 3. The van der Waals surface area contributed by atoms with E-state index in [-0.39, 0.29) is 12.5 Å². The lowest BCUT2D eigenvalue weighted by molar-refractivity contribution is -0.141. The Morgan fingerprint density at radius 2 is 2.29 bits per heavy atom. The number of carbonyl (C=O) groups is 2. The molecular formula is C16H19NO4. The number of aliphatic carboxylic acids is 1. The van der Waals surface area contributed by atoms with E-state index in [2.05, 4.69) is 5.32 Å². The second-order valence-electron chi connectivity index (χ2n) is 4.99. The minimum atomic E-state index is -0.889. The fourth-order valence-corrected chi connectivity index (χ4v) is 2.17. The van der Waals surface area contributed by atoms with E-state index in [0.29, 0.717) is 13.0 Å². The molecule has 0 spiro atoms. The summed E-state index contributed by atoms with van der Waals surface area (Å²) in [6.07, 6.45) is 4.52. The monoisotopic (exact) mass is 289 g/mol. The molecule has 0 aromatic heterocycles. The number of carbonyl (C=O) groups excluding carboxylic acids is 1. The third-order valence-corrected chi connectivity index (χ3v) is 3.51. The molecule has 1 amide bonds. The second-order valence-corrected chi connectivity index (χ2v) is 4.99. The number of amides is 1. The van der Waals surface area contributed by atoms with E-state index in [0.717, 1.165) is 23.3 Å². The first kappa shape index (κ1) is 15.1. The first-order chi connectivity index (χ1) is 10.1. The Morgan fingerprint density at radius 1 is 1.48 bits per heavy atom. The Hall–Kier alpha value is -2.30. The molecule has 5 heteroatoms. The normalized spacial score (nSPS) is 14.5. The maximum absolute atomic E-state index is 11.7. The predicted octanol–water partition coefficient (Wildman–Crippen LogP) is 1.86. The highest BCUT2D eigenvalue weighted by Crippen LogP contribution is 2.26. The van der Waals surface area contributed by atoms with Gasteiger partial charge in [-0.05, 0) is 35.8 Å². The SMILES string of the molecule is CCC(CNC(=O)C=Cc1ccc2c(c1)CCO2)C(=O)O. The minimum Gasteiger partial charge on any atom is -0.493 e. The number of rotatable bonds is 6. The molecule has 1 aromatic carbocycles. The van der Waals surface area contributed by atoms with Crippen LogP contribution < -0.4 is 10.1 Å². The number of carboxylic acids is 1. The number of hydrogen-bond donors (Lipinski definition) is 2. The van der Waals surface area contributed by atoms with Crippen molar-refractivity contribution in [1.82, 2.24) is 5.32 Å². The number of benzene rings is 1. The maximum Gasteiger partial charge on any atom is 0.308 e. The van der Waals surface area contributed by atoms with Gasteiger partial charge in [0, 0.05) is 19.0 Å². The van der Waals surface area contributed by atoms with Gasteiger partial charge < -0.3 is 15.2 Å². The fraction of sp³-hybridized carbons (Fsp3) is 0.375. The fourth-order valence-electron chi connectivity index (χ4n) is 2.17. The molecule has 1 aliphatic rings. The molecule has 5 nitrogen and oxygen atoms in total. The van der Waals surface area contributed by atoms with Crippen LogP contribution in [0, 0.1) is 5.92 Å². The van der Waals surface area contributed by atoms with Crippen molar-refractivity contribution in [3.63, 3.8) is 0 Å². The average Bonchev–Trinajstić information content (AvgIpc) is 2.92. The Morgan fingerprint density at radius 3 is 3.00 bits per heavy atom. The van der Waals surface area contributed by atoms with Gasteiger partial charge in [-0.3, -0.25) is 9.59 Å². The Bertz CT molecular complexity index is 565. The molecule has 2 rings (SSSR count). The summed E-state index contributed by atoms with van der Waals surface area (Å²) < 4.78 is 5.42. The van der Waals surface area contributed by atoms with E-state index in [9.17, 15) is 9.59 Å². The zero-order chi connectivity index (χ0) is 15.2. The number of nitrogens with one attached hydrogen (secondary N) is 1. The molecule has 2 N–H and O–H groups in total. The average molecular weight is 289 g/mol. The summed E-state index contributed by atoms with van der Waals surface area (Å²) in [5, 5.41) is 11.5. The molecule has 0 saturated heterocycles. The van der Waals surface area contributed by atoms with Crippen molar-refractivity contribution in [2.75, 3.05) is 13.2 Å². The number of carboxylic acid groups (broad SMARTS) is 1. The third-order valence-electron chi connectivity index (χ3n) is 3.51. The van der Waals surface area contributed by atoms with Gasteiger partial charge in [0.05, 0.1) is 12.5 Å². The van der Waals surface area contributed by atoms with Crippen LogP contribution in [0.4, 0.5) is 0 Å². The van der Waals surface area contributed by atoms with Crippen LogP contribution in [0.3, 0.4) is 0 Å². The summed E-state index contributed by atoms with van der Waals surface area (Å²) >= 11 is 0. The molecule has 0 aliphatic carbocycles. The lowest BCUT2D eigenvalue weighted by Crippen LogP contribution is -2.31. The zero-order valence-electron chi connectivity index (χ0n) is 12.0. The van der Waals surface area contributed by atoms with Crippen molar-refractivity contribution in [3.8, 4) is 5.75 Å². The van der Waals surface area contributed by atoms with Crippen molar-refractivity contribution >= 4 is 18.0 Å². The topological polar surface area (TPSA) is 75.6 Å². The van der Waals surface area contributed by atoms with Gasteiger partial charge in [-0.1, -0.05) is 13.0 Å². The van der Waals surface area contributed by atoms with Crippen LogP contribution in [-0.2, 0) is 16.0 Å². The summed E-state index contributed by atoms with van der Waals surface area (Å²) in [4.78, 5) is 22.5. The quantitative estimate of drug-likeness (QED) is 0.784. The van der Waals surface area contributed by atoms with Crippen molar-refractivity contribution in [2.24, 2.45) is 5.92 Å². The Labute approximate surface area is 123 Å². The predicted molar refractivity (Wildman–Crippen MR) is 79.1 cm³/mol. The Kier molecular flexibility index (Phi) is 4.98. The molecule has 1 aromatic rings. The summed E-state index contributed by atoms with van der Waals surface area (Å²) in [7, 11) is 0. The van der Waals surface area contributed by atoms with Crippen LogP contribution in [0.25, 0.3) is 6.08 Å². The van der Waals surface area contributed by atoms with Crippen molar-refractivity contribution in [1.29, 1.82) is 0 Å². The molecule has 0 fully saturated rings. The van der Waals surface area contributed by atoms with Crippen LogP contribution in [0.1, 0.15) is 24.5 Å². The van der Waals surface area contributed by atoms with Crippen LogP contribution in [0.5, 0.6) is 5.75 Å². The molecule has 0 saturated carbocycles. The highest BCUT2D eigenvalue weighted by molar-refractivity contribution is 5.92. The summed E-state index contributed by atoms with van der Waals surface area (Å²) in [5.74, 6) is -0.810. The van der Waals surface area contributed by atoms with Crippen molar-refractivity contribution < 1.29 is 19.4 Å². The van der Waals surface area contributed by atoms with Gasteiger partial charge in [0.15, 0.2) is 0 Å². The highest BCUT2D eigenvalue weighted by atomic mass is 16.5. The second kappa shape index (κ2) is 6.92. The molecule has 0 radical (unpaired) electrons. The summed E-state index contributed by atoms with van der Waals surface area (Å²) in [6, 6.07) is 5.79. The number of ether oxygens (including phenoxy) is 1. The van der Waals surface area contributed by atoms with E-state index < -0.39 is 11.9 Å². The molecule has 112 valence electrons. The molecule has 1 atom stereocenters. The molecular weight excluding hydrogens is 270 g/mol. The zero-order valence-corrected chi connectivity index (χ0v) is 12.0. The molecule has 1 aliphatic heterocycles. The van der Waals surface area contributed by atoms with Crippen LogP contribution in [0.2, 0.25) is 0 Å². The Balaban J connectivity index is 1.89. The largest absolute Gasteiger partial charge is 0.493 e. The van der Waals surface area contributed by atoms with Gasteiger partial charge in [-0.15, -0.1) is 0 Å². The van der Waals surface area contributed by atoms with Gasteiger partial charge >= 0.3 is 5.97 Å². The van der Waals surface area contributed by atoms with Crippen LogP contribution in [0.15, 0.2) is 24.3 Å². The lowest BCUT2D eigenvalue weighted by atomic mass is 10.1. The first-order valence-electron chi connectivity index (χ1n) is 7.04. The first-order valence-corrected chi connectivity index (χ1v) is 7.04. The maximum atomic E-state index is 11.7. The van der Waals surface area contributed by atoms with E-state index in [1.165, 1.54) is 6.08 Å². The smallest absolute Gasteiger partial charge is 0.308 e. The van der Waals surface area contributed by atoms with Crippen molar-refractivity contribution in [3.05, 3.63) is 35.4 Å². The van der Waals surface area contributed by atoms with Crippen molar-refractivity contribution in [2.45, 2.75) is 19.8 Å². The van der Waals surface area contributed by atoms with Crippen LogP contribution in [-0.4, -0.2) is 30.1 Å². The van der Waals surface area contributed by atoms with E-state index in [1.54, 1.807) is 13.0 Å². The molecule has 0 bridgehead atoms. The molecule has 21 heavy (non-hydrogen) atoms. The molecule has 1 unspecified atom stereocenters. The third kappa shape index (κ3) is 4.08. The van der Waals surface area contributed by atoms with Gasteiger partial charge in [-0.25, -0.2) is 0 Å². The summed E-state index contributed by atoms with van der Waals surface area (Å²) in [6.45, 7) is 2.64. The van der Waals surface area contributed by atoms with Gasteiger partial charge in [0.2, 0.25) is 5.91 Å². The standard InChI is InChI=1S/C16H19NO4/c1-2-12(16(19)20)10-17-15(18)6-4-11-3-5-14-13(9-11)7-8-21-14/h3-6,9,12H,2,7-8,10H2,1H3,(H,17,18)(H,19,20). The van der Waals surface area contributed by atoms with E-state index in [4.69, 9.17) is 9.84 Å². The van der Waals surface area contributed by atoms with Crippen LogP contribution >= 0.6 is 0 Å². The number of fused-ring (bicyclic) bond motifs is 1. The molecule has 1 heterocycles. The lowest BCUT2D eigenvalue weighted by Gasteiger charge is -2.09. The highest BCUT2D eigenvalue weighted by Gasteiger charge is 2.15. The van der Waals surface area contributed by atoms with E-state index >= 15 is 0 Å². The van der Waals surface area contributed by atoms with Gasteiger partial charge in [0.25, 0.3) is 0 Å².